The van der Waals surface area contributed by atoms with Gasteiger partial charge in [0.15, 0.2) is 0 Å². The lowest BCUT2D eigenvalue weighted by atomic mass is 10.1. The fourth-order valence-electron chi connectivity index (χ4n) is 1.78. The van der Waals surface area contributed by atoms with Gasteiger partial charge in [-0.05, 0) is 44.9 Å². The Morgan fingerprint density at radius 3 is 2.61 bits per heavy atom. The molecule has 0 saturated carbocycles. The molecule has 0 heterocycles. The molecule has 0 aliphatic rings. The van der Waals surface area contributed by atoms with Crippen molar-refractivity contribution < 1.29 is 4.74 Å². The molecule has 2 nitrogen and oxygen atoms in total. The summed E-state index contributed by atoms with van der Waals surface area (Å²) in [5.41, 5.74) is 1.18. The first-order valence-corrected chi connectivity index (χ1v) is 7.09. The molecule has 0 aliphatic carbocycles. The molecular formula is C15H24ClNO. The number of benzene rings is 1. The molecule has 18 heavy (non-hydrogen) atoms. The summed E-state index contributed by atoms with van der Waals surface area (Å²) in [5.74, 6) is 0. The summed E-state index contributed by atoms with van der Waals surface area (Å²) >= 11 is 6.20. The number of ether oxygens (including phenoxy) is 1. The van der Waals surface area contributed by atoms with Crippen LogP contribution in [-0.4, -0.2) is 25.3 Å². The summed E-state index contributed by atoms with van der Waals surface area (Å²) in [4.78, 5) is 0. The molecule has 0 fully saturated rings. The van der Waals surface area contributed by atoms with Gasteiger partial charge in [0.1, 0.15) is 0 Å². The minimum Gasteiger partial charge on any atom is -0.377 e. The van der Waals surface area contributed by atoms with E-state index in [1.54, 1.807) is 0 Å². The molecule has 0 bridgehead atoms. The molecule has 0 aliphatic heterocycles. The average molecular weight is 270 g/mol. The SMILES string of the molecule is CCCNC(COC(C)C)Cc1ccccc1Cl. The van der Waals surface area contributed by atoms with Gasteiger partial charge in [-0.2, -0.15) is 0 Å². The highest BCUT2D eigenvalue weighted by Crippen LogP contribution is 2.17. The van der Waals surface area contributed by atoms with E-state index < -0.39 is 0 Å². The average Bonchev–Trinajstić information content (AvgIpc) is 2.35. The van der Waals surface area contributed by atoms with E-state index in [-0.39, 0.29) is 6.10 Å². The van der Waals surface area contributed by atoms with Crippen molar-refractivity contribution in [2.24, 2.45) is 0 Å². The molecule has 1 atom stereocenters. The van der Waals surface area contributed by atoms with Crippen LogP contribution in [0.5, 0.6) is 0 Å². The fraction of sp³-hybridized carbons (Fsp3) is 0.600. The Bertz CT molecular complexity index is 341. The Kier molecular flexibility index (Phi) is 7.33. The standard InChI is InChI=1S/C15H24ClNO/c1-4-9-17-14(11-18-12(2)3)10-13-7-5-6-8-15(13)16/h5-8,12,14,17H,4,9-11H2,1-3H3. The molecule has 0 saturated heterocycles. The van der Waals surface area contributed by atoms with Crippen LogP contribution in [0.1, 0.15) is 32.8 Å². The zero-order chi connectivity index (χ0) is 13.4. The van der Waals surface area contributed by atoms with Crippen LogP contribution in [0.3, 0.4) is 0 Å². The van der Waals surface area contributed by atoms with Gasteiger partial charge >= 0.3 is 0 Å². The minimum atomic E-state index is 0.266. The summed E-state index contributed by atoms with van der Waals surface area (Å²) in [6.07, 6.45) is 2.30. The van der Waals surface area contributed by atoms with Crippen LogP contribution in [0.4, 0.5) is 0 Å². The lowest BCUT2D eigenvalue weighted by Gasteiger charge is -2.20. The van der Waals surface area contributed by atoms with Crippen molar-refractivity contribution in [2.45, 2.75) is 45.8 Å². The Labute approximate surface area is 116 Å². The largest absolute Gasteiger partial charge is 0.377 e. The van der Waals surface area contributed by atoms with Gasteiger partial charge in [0.2, 0.25) is 0 Å². The predicted octanol–water partition coefficient (Wildman–Crippen LogP) is 3.68. The maximum Gasteiger partial charge on any atom is 0.0626 e. The van der Waals surface area contributed by atoms with E-state index >= 15 is 0 Å². The fourth-order valence-corrected chi connectivity index (χ4v) is 1.99. The number of nitrogens with one attached hydrogen (secondary N) is 1. The second-order valence-electron chi connectivity index (χ2n) is 4.83. The van der Waals surface area contributed by atoms with Crippen LogP contribution < -0.4 is 5.32 Å². The van der Waals surface area contributed by atoms with Gasteiger partial charge in [-0.3, -0.25) is 0 Å². The number of halogens is 1. The van der Waals surface area contributed by atoms with Gasteiger partial charge in [0, 0.05) is 11.1 Å². The molecule has 1 N–H and O–H groups in total. The van der Waals surface area contributed by atoms with E-state index in [4.69, 9.17) is 16.3 Å². The van der Waals surface area contributed by atoms with Crippen molar-refractivity contribution >= 4 is 11.6 Å². The van der Waals surface area contributed by atoms with Gasteiger partial charge in [-0.15, -0.1) is 0 Å². The Morgan fingerprint density at radius 2 is 2.00 bits per heavy atom. The highest BCUT2D eigenvalue weighted by atomic mass is 35.5. The molecule has 0 spiro atoms. The number of hydrogen-bond acceptors (Lipinski definition) is 2. The van der Waals surface area contributed by atoms with Crippen LogP contribution in [0.2, 0.25) is 5.02 Å². The number of hydrogen-bond donors (Lipinski definition) is 1. The highest BCUT2D eigenvalue weighted by molar-refractivity contribution is 6.31. The Morgan fingerprint density at radius 1 is 1.28 bits per heavy atom. The molecule has 0 amide bonds. The molecule has 0 aromatic heterocycles. The van der Waals surface area contributed by atoms with Crippen LogP contribution in [-0.2, 0) is 11.2 Å². The summed E-state index contributed by atoms with van der Waals surface area (Å²) in [6, 6.07) is 8.34. The first kappa shape index (κ1) is 15.5. The molecule has 3 heteroatoms. The van der Waals surface area contributed by atoms with Gasteiger partial charge in [-0.1, -0.05) is 36.7 Å². The summed E-state index contributed by atoms with van der Waals surface area (Å²) < 4.78 is 5.71. The lowest BCUT2D eigenvalue weighted by molar-refractivity contribution is 0.0613. The van der Waals surface area contributed by atoms with Crippen molar-refractivity contribution in [3.05, 3.63) is 34.9 Å². The summed E-state index contributed by atoms with van der Waals surface area (Å²) in [7, 11) is 0. The van der Waals surface area contributed by atoms with E-state index in [2.05, 4.69) is 32.2 Å². The predicted molar refractivity (Wildman–Crippen MR) is 78.3 cm³/mol. The van der Waals surface area contributed by atoms with Gasteiger partial charge in [0.25, 0.3) is 0 Å². The molecule has 0 radical (unpaired) electrons. The topological polar surface area (TPSA) is 21.3 Å². The maximum atomic E-state index is 6.20. The molecule has 1 aromatic carbocycles. The van der Waals surface area contributed by atoms with Gasteiger partial charge in [0.05, 0.1) is 12.7 Å². The second-order valence-corrected chi connectivity index (χ2v) is 5.24. The van der Waals surface area contributed by atoms with Crippen LogP contribution in [0, 0.1) is 0 Å². The zero-order valence-corrected chi connectivity index (χ0v) is 12.3. The second kappa shape index (κ2) is 8.52. The normalized spacial score (nSPS) is 12.9. The maximum absolute atomic E-state index is 6.20. The monoisotopic (exact) mass is 269 g/mol. The molecule has 1 rings (SSSR count). The van der Waals surface area contributed by atoms with Crippen LogP contribution >= 0.6 is 11.6 Å². The Hall–Kier alpha value is -0.570. The van der Waals surface area contributed by atoms with Crippen molar-refractivity contribution in [1.82, 2.24) is 5.32 Å². The third-order valence-corrected chi connectivity index (χ3v) is 3.11. The molecule has 102 valence electrons. The van der Waals surface area contributed by atoms with E-state index in [0.717, 1.165) is 31.0 Å². The minimum absolute atomic E-state index is 0.266. The lowest BCUT2D eigenvalue weighted by Crippen LogP contribution is -2.36. The Balaban J connectivity index is 2.56. The first-order valence-electron chi connectivity index (χ1n) is 6.71. The summed E-state index contributed by atoms with van der Waals surface area (Å²) in [6.45, 7) is 8.03. The van der Waals surface area contributed by atoms with Crippen molar-refractivity contribution in [3.8, 4) is 0 Å². The molecular weight excluding hydrogens is 246 g/mol. The van der Waals surface area contributed by atoms with Crippen molar-refractivity contribution in [2.75, 3.05) is 13.2 Å². The van der Waals surface area contributed by atoms with Crippen LogP contribution in [0.15, 0.2) is 24.3 Å². The molecule has 1 unspecified atom stereocenters. The van der Waals surface area contributed by atoms with Crippen LogP contribution in [0.25, 0.3) is 0 Å². The zero-order valence-electron chi connectivity index (χ0n) is 11.6. The van der Waals surface area contributed by atoms with Gasteiger partial charge < -0.3 is 10.1 Å². The quantitative estimate of drug-likeness (QED) is 0.777. The smallest absolute Gasteiger partial charge is 0.0626 e. The third-order valence-electron chi connectivity index (χ3n) is 2.74. The van der Waals surface area contributed by atoms with Gasteiger partial charge in [-0.25, -0.2) is 0 Å². The molecule has 1 aromatic rings. The van der Waals surface area contributed by atoms with E-state index in [1.165, 1.54) is 5.56 Å². The third kappa shape index (κ3) is 5.85. The van der Waals surface area contributed by atoms with Crippen molar-refractivity contribution in [1.29, 1.82) is 0 Å². The summed E-state index contributed by atoms with van der Waals surface area (Å²) in [5, 5.41) is 4.36. The van der Waals surface area contributed by atoms with E-state index in [1.807, 2.05) is 18.2 Å². The van der Waals surface area contributed by atoms with E-state index in [0.29, 0.717) is 6.04 Å². The van der Waals surface area contributed by atoms with Crippen molar-refractivity contribution in [3.63, 3.8) is 0 Å². The van der Waals surface area contributed by atoms with E-state index in [9.17, 15) is 0 Å². The highest BCUT2D eigenvalue weighted by Gasteiger charge is 2.11. The first-order chi connectivity index (χ1) is 8.63. The number of rotatable bonds is 8.